The Morgan fingerprint density at radius 1 is 1.35 bits per heavy atom. The van der Waals surface area contributed by atoms with Crippen molar-refractivity contribution in [2.45, 2.75) is 32.4 Å². The van der Waals surface area contributed by atoms with Crippen LogP contribution in [0.3, 0.4) is 0 Å². The number of rotatable bonds is 6. The summed E-state index contributed by atoms with van der Waals surface area (Å²) in [6.07, 6.45) is 4.37. The van der Waals surface area contributed by atoms with Crippen LogP contribution in [0.15, 0.2) is 36.7 Å². The smallest absolute Gasteiger partial charge is 0.0914 e. The minimum Gasteiger partial charge on any atom is -0.387 e. The van der Waals surface area contributed by atoms with Crippen LogP contribution in [0.2, 0.25) is 0 Å². The van der Waals surface area contributed by atoms with E-state index < -0.39 is 6.10 Å². The van der Waals surface area contributed by atoms with Crippen molar-refractivity contribution in [3.05, 3.63) is 53.3 Å². The van der Waals surface area contributed by atoms with Crippen LogP contribution in [0.4, 0.5) is 0 Å². The zero-order valence-electron chi connectivity index (χ0n) is 12.4. The number of nitrogens with one attached hydrogen (secondary N) is 1. The fourth-order valence-electron chi connectivity index (χ4n) is 2.37. The van der Waals surface area contributed by atoms with E-state index >= 15 is 0 Å². The summed E-state index contributed by atoms with van der Waals surface area (Å²) in [5.74, 6) is 0. The Labute approximate surface area is 120 Å². The quantitative estimate of drug-likeness (QED) is 0.850. The van der Waals surface area contributed by atoms with Gasteiger partial charge in [-0.3, -0.25) is 4.68 Å². The van der Waals surface area contributed by atoms with Gasteiger partial charge in [0, 0.05) is 31.4 Å². The molecule has 1 aromatic carbocycles. The molecule has 1 aromatic heterocycles. The van der Waals surface area contributed by atoms with Crippen LogP contribution in [0.1, 0.15) is 42.2 Å². The summed E-state index contributed by atoms with van der Waals surface area (Å²) in [7, 11) is 1.91. The first-order valence-electron chi connectivity index (χ1n) is 7.06. The summed E-state index contributed by atoms with van der Waals surface area (Å²) < 4.78 is 1.80. The molecule has 2 unspecified atom stereocenters. The van der Waals surface area contributed by atoms with E-state index in [0.717, 1.165) is 17.5 Å². The second kappa shape index (κ2) is 6.68. The van der Waals surface area contributed by atoms with Gasteiger partial charge in [-0.05, 0) is 18.9 Å². The van der Waals surface area contributed by atoms with Crippen LogP contribution in [0, 0.1) is 6.92 Å². The van der Waals surface area contributed by atoms with Crippen LogP contribution in [0.5, 0.6) is 0 Å². The van der Waals surface area contributed by atoms with Crippen molar-refractivity contribution >= 4 is 0 Å². The van der Waals surface area contributed by atoms with E-state index in [1.165, 1.54) is 5.56 Å². The highest BCUT2D eigenvalue weighted by Gasteiger charge is 2.14. The van der Waals surface area contributed by atoms with E-state index in [1.807, 2.05) is 50.6 Å². The molecule has 0 saturated heterocycles. The molecule has 108 valence electrons. The van der Waals surface area contributed by atoms with Crippen molar-refractivity contribution in [2.75, 3.05) is 6.54 Å². The van der Waals surface area contributed by atoms with Crippen LogP contribution < -0.4 is 5.32 Å². The zero-order valence-corrected chi connectivity index (χ0v) is 12.4. The molecule has 0 fully saturated rings. The minimum atomic E-state index is -0.486. The van der Waals surface area contributed by atoms with Gasteiger partial charge in [-0.2, -0.15) is 5.10 Å². The van der Waals surface area contributed by atoms with E-state index in [0.29, 0.717) is 6.54 Å². The highest BCUT2D eigenvalue weighted by molar-refractivity contribution is 5.24. The standard InChI is InChI=1S/C16H23N3O/c1-4-15(14-9-18-19(3)11-14)17-10-16(20)13-7-5-6-12(2)8-13/h5-9,11,15-17,20H,4,10H2,1-3H3. The second-order valence-electron chi connectivity index (χ2n) is 5.25. The van der Waals surface area contributed by atoms with Gasteiger partial charge in [-0.25, -0.2) is 0 Å². The molecule has 2 N–H and O–H groups in total. The van der Waals surface area contributed by atoms with Gasteiger partial charge in [0.2, 0.25) is 0 Å². The fourth-order valence-corrected chi connectivity index (χ4v) is 2.37. The number of benzene rings is 1. The molecule has 4 nitrogen and oxygen atoms in total. The summed E-state index contributed by atoms with van der Waals surface area (Å²) in [5, 5.41) is 17.9. The van der Waals surface area contributed by atoms with Crippen molar-refractivity contribution in [3.8, 4) is 0 Å². The SMILES string of the molecule is CCC(NCC(O)c1cccc(C)c1)c1cnn(C)c1. The summed E-state index contributed by atoms with van der Waals surface area (Å²) >= 11 is 0. The third-order valence-corrected chi connectivity index (χ3v) is 3.52. The molecular weight excluding hydrogens is 250 g/mol. The van der Waals surface area contributed by atoms with Crippen LogP contribution in [-0.2, 0) is 7.05 Å². The zero-order chi connectivity index (χ0) is 14.5. The fraction of sp³-hybridized carbons (Fsp3) is 0.438. The van der Waals surface area contributed by atoms with Crippen molar-refractivity contribution in [2.24, 2.45) is 7.05 Å². The number of aromatic nitrogens is 2. The summed E-state index contributed by atoms with van der Waals surface area (Å²) in [6.45, 7) is 4.70. The monoisotopic (exact) mass is 273 g/mol. The number of nitrogens with zero attached hydrogens (tertiary/aromatic N) is 2. The molecule has 0 aliphatic heterocycles. The maximum Gasteiger partial charge on any atom is 0.0914 e. The molecular formula is C16H23N3O. The largest absolute Gasteiger partial charge is 0.387 e. The molecule has 2 rings (SSSR count). The molecule has 2 atom stereocenters. The lowest BCUT2D eigenvalue weighted by molar-refractivity contribution is 0.169. The van der Waals surface area contributed by atoms with E-state index in [-0.39, 0.29) is 6.04 Å². The van der Waals surface area contributed by atoms with Crippen LogP contribution in [-0.4, -0.2) is 21.4 Å². The highest BCUT2D eigenvalue weighted by atomic mass is 16.3. The highest BCUT2D eigenvalue weighted by Crippen LogP contribution is 2.18. The van der Waals surface area contributed by atoms with Crippen molar-refractivity contribution in [1.82, 2.24) is 15.1 Å². The van der Waals surface area contributed by atoms with Crippen LogP contribution in [0.25, 0.3) is 0 Å². The third-order valence-electron chi connectivity index (χ3n) is 3.52. The Bertz CT molecular complexity index is 550. The molecule has 0 saturated carbocycles. The lowest BCUT2D eigenvalue weighted by atomic mass is 10.0. The Morgan fingerprint density at radius 2 is 2.15 bits per heavy atom. The summed E-state index contributed by atoms with van der Waals surface area (Å²) in [4.78, 5) is 0. The average molecular weight is 273 g/mol. The van der Waals surface area contributed by atoms with Gasteiger partial charge in [0.1, 0.15) is 0 Å². The summed E-state index contributed by atoms with van der Waals surface area (Å²) in [6, 6.07) is 8.23. The maximum absolute atomic E-state index is 10.3. The van der Waals surface area contributed by atoms with Gasteiger partial charge in [0.15, 0.2) is 0 Å². The number of aryl methyl sites for hydroxylation is 2. The first-order valence-corrected chi connectivity index (χ1v) is 7.06. The molecule has 20 heavy (non-hydrogen) atoms. The molecule has 2 aromatic rings. The van der Waals surface area contributed by atoms with E-state index in [4.69, 9.17) is 0 Å². The van der Waals surface area contributed by atoms with Gasteiger partial charge in [0.25, 0.3) is 0 Å². The van der Waals surface area contributed by atoms with Gasteiger partial charge >= 0.3 is 0 Å². The molecule has 0 radical (unpaired) electrons. The lowest BCUT2D eigenvalue weighted by Gasteiger charge is -2.19. The molecule has 0 aliphatic rings. The van der Waals surface area contributed by atoms with Crippen molar-refractivity contribution in [1.29, 1.82) is 0 Å². The Balaban J connectivity index is 1.96. The second-order valence-corrected chi connectivity index (χ2v) is 5.25. The first-order chi connectivity index (χ1) is 9.60. The predicted octanol–water partition coefficient (Wildman–Crippen LogP) is 2.50. The molecule has 0 spiro atoms. The Hall–Kier alpha value is -1.65. The van der Waals surface area contributed by atoms with Crippen molar-refractivity contribution < 1.29 is 5.11 Å². The Kier molecular flexibility index (Phi) is 4.93. The van der Waals surface area contributed by atoms with E-state index in [2.05, 4.69) is 17.3 Å². The summed E-state index contributed by atoms with van der Waals surface area (Å²) in [5.41, 5.74) is 3.28. The first kappa shape index (κ1) is 14.8. The average Bonchev–Trinajstić information content (AvgIpc) is 2.86. The number of hydrogen-bond acceptors (Lipinski definition) is 3. The minimum absolute atomic E-state index is 0.225. The normalized spacial score (nSPS) is 14.2. The third kappa shape index (κ3) is 3.68. The predicted molar refractivity (Wildman–Crippen MR) is 80.4 cm³/mol. The molecule has 0 aliphatic carbocycles. The molecule has 0 bridgehead atoms. The number of aliphatic hydroxyl groups is 1. The van der Waals surface area contributed by atoms with Gasteiger partial charge < -0.3 is 10.4 Å². The lowest BCUT2D eigenvalue weighted by Crippen LogP contribution is -2.26. The maximum atomic E-state index is 10.3. The van der Waals surface area contributed by atoms with Gasteiger partial charge in [0.05, 0.1) is 12.3 Å². The van der Waals surface area contributed by atoms with Gasteiger partial charge in [-0.15, -0.1) is 0 Å². The van der Waals surface area contributed by atoms with Crippen molar-refractivity contribution in [3.63, 3.8) is 0 Å². The van der Waals surface area contributed by atoms with Gasteiger partial charge in [-0.1, -0.05) is 36.8 Å². The van der Waals surface area contributed by atoms with Crippen LogP contribution >= 0.6 is 0 Å². The van der Waals surface area contributed by atoms with E-state index in [9.17, 15) is 5.11 Å². The molecule has 1 heterocycles. The number of aliphatic hydroxyl groups excluding tert-OH is 1. The Morgan fingerprint density at radius 3 is 2.75 bits per heavy atom. The molecule has 0 amide bonds. The topological polar surface area (TPSA) is 50.1 Å². The molecule has 4 heteroatoms. The van der Waals surface area contributed by atoms with E-state index in [1.54, 1.807) is 4.68 Å². The number of hydrogen-bond donors (Lipinski definition) is 2.